The minimum Gasteiger partial charge on any atom is -0.511 e. The Labute approximate surface area is 165 Å². The van der Waals surface area contributed by atoms with Crippen LogP contribution in [0.1, 0.15) is 104 Å². The van der Waals surface area contributed by atoms with Crippen molar-refractivity contribution in [1.82, 2.24) is 0 Å². The number of carbonyl (C=O) groups is 2. The van der Waals surface area contributed by atoms with Gasteiger partial charge in [0, 0.05) is 6.42 Å². The van der Waals surface area contributed by atoms with E-state index >= 15 is 0 Å². The molecule has 1 N–H and O–H groups in total. The lowest BCUT2D eigenvalue weighted by Gasteiger charge is -2.09. The lowest BCUT2D eigenvalue weighted by atomic mass is 10.0. The normalized spacial score (nSPS) is 10.5. The molecule has 0 radical (unpaired) electrons. The summed E-state index contributed by atoms with van der Waals surface area (Å²) in [5.74, 6) is -1.85. The van der Waals surface area contributed by atoms with Crippen LogP contribution >= 0.6 is 0 Å². The van der Waals surface area contributed by atoms with Crippen LogP contribution in [-0.2, 0) is 19.1 Å². The van der Waals surface area contributed by atoms with Crippen LogP contribution in [0.5, 0.6) is 0 Å². The lowest BCUT2D eigenvalue weighted by molar-refractivity contribution is -0.147. The number of ether oxygens (including phenoxy) is 2. The molecule has 27 heavy (non-hydrogen) atoms. The van der Waals surface area contributed by atoms with Crippen LogP contribution in [0.2, 0.25) is 0 Å². The van der Waals surface area contributed by atoms with E-state index in [0.717, 1.165) is 19.3 Å². The van der Waals surface area contributed by atoms with Crippen LogP contribution in [0.4, 0.5) is 0 Å². The number of rotatable bonds is 17. The molecule has 0 aromatic heterocycles. The number of allylic oxidation sites excluding steroid dienone is 1. The molecule has 158 valence electrons. The Morgan fingerprint density at radius 3 is 1.37 bits per heavy atom. The maximum atomic E-state index is 11.9. The quantitative estimate of drug-likeness (QED) is 0.0829. The van der Waals surface area contributed by atoms with E-state index in [1.165, 1.54) is 57.8 Å². The number of carbonyl (C=O) groups excluding carboxylic acids is 2. The first kappa shape index (κ1) is 25.5. The SMILES string of the molecule is CCCCCCCCCCCCCCC(O)=C(C(=O)OCC)C(=O)OCC. The molecule has 0 amide bonds. The number of unbranched alkanes of at least 4 members (excludes halogenated alkanes) is 11. The first-order chi connectivity index (χ1) is 13.1. The van der Waals surface area contributed by atoms with Crippen LogP contribution in [0, 0.1) is 0 Å². The van der Waals surface area contributed by atoms with Gasteiger partial charge in [-0.15, -0.1) is 0 Å². The predicted molar refractivity (Wildman–Crippen MR) is 109 cm³/mol. The Kier molecular flexibility index (Phi) is 16.9. The van der Waals surface area contributed by atoms with Gasteiger partial charge in [-0.05, 0) is 20.3 Å². The number of hydrogen-bond donors (Lipinski definition) is 1. The third kappa shape index (κ3) is 13.3. The topological polar surface area (TPSA) is 72.8 Å². The molecule has 0 aliphatic rings. The van der Waals surface area contributed by atoms with Gasteiger partial charge in [0.15, 0.2) is 5.57 Å². The van der Waals surface area contributed by atoms with Crippen LogP contribution in [0.25, 0.3) is 0 Å². The van der Waals surface area contributed by atoms with Crippen molar-refractivity contribution in [1.29, 1.82) is 0 Å². The van der Waals surface area contributed by atoms with Gasteiger partial charge in [0.05, 0.1) is 13.2 Å². The highest BCUT2D eigenvalue weighted by Crippen LogP contribution is 2.16. The van der Waals surface area contributed by atoms with Crippen molar-refractivity contribution in [2.24, 2.45) is 0 Å². The second-order valence-corrected chi connectivity index (χ2v) is 6.90. The van der Waals surface area contributed by atoms with Crippen LogP contribution in [-0.4, -0.2) is 30.3 Å². The molecular weight excluding hydrogens is 344 g/mol. The number of aliphatic hydroxyl groups is 1. The highest BCUT2D eigenvalue weighted by atomic mass is 16.6. The maximum absolute atomic E-state index is 11.9. The molecule has 0 aromatic carbocycles. The van der Waals surface area contributed by atoms with Gasteiger partial charge in [-0.3, -0.25) is 0 Å². The molecule has 0 spiro atoms. The Bertz CT molecular complexity index is 408. The first-order valence-electron chi connectivity index (χ1n) is 10.8. The van der Waals surface area contributed by atoms with Crippen molar-refractivity contribution >= 4 is 11.9 Å². The molecule has 0 saturated carbocycles. The lowest BCUT2D eigenvalue weighted by Crippen LogP contribution is -2.20. The summed E-state index contributed by atoms with van der Waals surface area (Å²) in [6.07, 6.45) is 14.9. The maximum Gasteiger partial charge on any atom is 0.349 e. The van der Waals surface area contributed by atoms with Crippen molar-refractivity contribution in [2.45, 2.75) is 104 Å². The zero-order valence-corrected chi connectivity index (χ0v) is 17.7. The third-order valence-corrected chi connectivity index (χ3v) is 4.51. The van der Waals surface area contributed by atoms with Gasteiger partial charge in [0.2, 0.25) is 0 Å². The smallest absolute Gasteiger partial charge is 0.349 e. The van der Waals surface area contributed by atoms with E-state index in [-0.39, 0.29) is 24.5 Å². The highest BCUT2D eigenvalue weighted by Gasteiger charge is 2.25. The average Bonchev–Trinajstić information content (AvgIpc) is 2.63. The first-order valence-corrected chi connectivity index (χ1v) is 10.8. The van der Waals surface area contributed by atoms with Crippen molar-refractivity contribution in [3.05, 3.63) is 11.3 Å². The number of aliphatic hydroxyl groups excluding tert-OH is 1. The summed E-state index contributed by atoms with van der Waals surface area (Å²) in [7, 11) is 0. The van der Waals surface area contributed by atoms with Crippen LogP contribution < -0.4 is 0 Å². The van der Waals surface area contributed by atoms with E-state index in [4.69, 9.17) is 9.47 Å². The average molecular weight is 385 g/mol. The molecule has 0 heterocycles. The van der Waals surface area contributed by atoms with Gasteiger partial charge in [-0.25, -0.2) is 9.59 Å². The predicted octanol–water partition coefficient (Wildman–Crippen LogP) is 6.02. The second-order valence-electron chi connectivity index (χ2n) is 6.90. The summed E-state index contributed by atoms with van der Waals surface area (Å²) in [5, 5.41) is 10.1. The van der Waals surface area contributed by atoms with Crippen LogP contribution in [0.15, 0.2) is 11.3 Å². The summed E-state index contributed by atoms with van der Waals surface area (Å²) in [5.41, 5.74) is -0.359. The Morgan fingerprint density at radius 1 is 0.630 bits per heavy atom. The van der Waals surface area contributed by atoms with Gasteiger partial charge < -0.3 is 14.6 Å². The van der Waals surface area contributed by atoms with E-state index < -0.39 is 11.9 Å². The van der Waals surface area contributed by atoms with Gasteiger partial charge in [0.1, 0.15) is 5.76 Å². The van der Waals surface area contributed by atoms with E-state index in [9.17, 15) is 14.7 Å². The van der Waals surface area contributed by atoms with E-state index in [1.807, 2.05) is 0 Å². The molecule has 0 aliphatic heterocycles. The molecule has 0 rings (SSSR count). The van der Waals surface area contributed by atoms with Crippen molar-refractivity contribution < 1.29 is 24.2 Å². The van der Waals surface area contributed by atoms with E-state index in [2.05, 4.69) is 6.92 Å². The summed E-state index contributed by atoms with van der Waals surface area (Å²) in [4.78, 5) is 23.8. The molecular formula is C22H40O5. The zero-order chi connectivity index (χ0) is 20.3. The third-order valence-electron chi connectivity index (χ3n) is 4.51. The second kappa shape index (κ2) is 17.9. The fourth-order valence-electron chi connectivity index (χ4n) is 2.98. The summed E-state index contributed by atoms with van der Waals surface area (Å²) >= 11 is 0. The van der Waals surface area contributed by atoms with Crippen molar-refractivity contribution in [3.63, 3.8) is 0 Å². The summed E-state index contributed by atoms with van der Waals surface area (Å²) in [6.45, 7) is 5.84. The molecule has 0 saturated heterocycles. The Balaban J connectivity index is 3.99. The largest absolute Gasteiger partial charge is 0.511 e. The zero-order valence-electron chi connectivity index (χ0n) is 17.7. The van der Waals surface area contributed by atoms with Gasteiger partial charge >= 0.3 is 11.9 Å². The number of hydrogen-bond acceptors (Lipinski definition) is 5. The fourth-order valence-corrected chi connectivity index (χ4v) is 2.98. The molecule has 5 heteroatoms. The molecule has 0 unspecified atom stereocenters. The van der Waals surface area contributed by atoms with Crippen LogP contribution in [0.3, 0.4) is 0 Å². The van der Waals surface area contributed by atoms with Gasteiger partial charge in [0.25, 0.3) is 0 Å². The number of esters is 2. The molecule has 0 bridgehead atoms. The fraction of sp³-hybridized carbons (Fsp3) is 0.818. The summed E-state index contributed by atoms with van der Waals surface area (Å²) < 4.78 is 9.70. The van der Waals surface area contributed by atoms with E-state index in [1.54, 1.807) is 13.8 Å². The molecule has 5 nitrogen and oxygen atoms in total. The Morgan fingerprint density at radius 2 is 1.00 bits per heavy atom. The minimum absolute atomic E-state index is 0.146. The standard InChI is InChI=1S/C22H40O5/c1-4-7-8-9-10-11-12-13-14-15-16-17-18-19(23)20(21(24)26-5-2)22(25)27-6-3/h23H,4-18H2,1-3H3. The molecule has 0 aliphatic carbocycles. The van der Waals surface area contributed by atoms with Crippen molar-refractivity contribution in [2.75, 3.05) is 13.2 Å². The van der Waals surface area contributed by atoms with Crippen molar-refractivity contribution in [3.8, 4) is 0 Å². The van der Waals surface area contributed by atoms with E-state index in [0.29, 0.717) is 6.42 Å². The summed E-state index contributed by atoms with van der Waals surface area (Å²) in [6, 6.07) is 0. The minimum atomic E-state index is -0.813. The Hall–Kier alpha value is -1.52. The van der Waals surface area contributed by atoms with Gasteiger partial charge in [-0.2, -0.15) is 0 Å². The van der Waals surface area contributed by atoms with Gasteiger partial charge in [-0.1, -0.05) is 77.6 Å². The monoisotopic (exact) mass is 384 g/mol. The molecule has 0 fully saturated rings. The highest BCUT2D eigenvalue weighted by molar-refractivity contribution is 6.14. The molecule has 0 atom stereocenters. The molecule has 0 aromatic rings.